The number of amides is 1. The lowest BCUT2D eigenvalue weighted by atomic mass is 10.2. The van der Waals surface area contributed by atoms with E-state index < -0.39 is 0 Å². The molecule has 0 spiro atoms. The fraction of sp³-hybridized carbons (Fsp3) is 0.200. The number of nitrogens with one attached hydrogen (secondary N) is 1. The molecule has 0 aliphatic heterocycles. The first-order valence-electron chi connectivity index (χ1n) is 4.03. The molecule has 1 amide bonds. The Balaban J connectivity index is 3.10. The molecule has 0 aliphatic carbocycles. The summed E-state index contributed by atoms with van der Waals surface area (Å²) in [4.78, 5) is 12.1. The van der Waals surface area contributed by atoms with Crippen molar-refractivity contribution in [2.45, 2.75) is 13.8 Å². The number of carbonyl (C=O) groups is 1. The molecule has 72 valence electrons. The summed E-state index contributed by atoms with van der Waals surface area (Å²) in [6.45, 7) is 7.14. The quantitative estimate of drug-likeness (QED) is 0.755. The predicted octanol–water partition coefficient (Wildman–Crippen LogP) is 2.36. The Bertz CT molecular complexity index is 426. The second-order valence-corrected chi connectivity index (χ2v) is 4.02. The van der Waals surface area contributed by atoms with Crippen LogP contribution in [0.2, 0.25) is 0 Å². The number of nitrogens with zero attached hydrogens (tertiary/aromatic N) is 1. The van der Waals surface area contributed by atoms with Gasteiger partial charge in [0.05, 0.1) is 5.56 Å². The highest BCUT2D eigenvalue weighted by Crippen LogP contribution is 2.31. The van der Waals surface area contributed by atoms with Crippen molar-refractivity contribution in [2.75, 3.05) is 5.32 Å². The number of anilines is 1. The number of hydrogen-bond acceptors (Lipinski definition) is 3. The van der Waals surface area contributed by atoms with E-state index >= 15 is 0 Å². The molecule has 0 aliphatic rings. The zero-order valence-electron chi connectivity index (χ0n) is 8.05. The third kappa shape index (κ3) is 1.83. The predicted molar refractivity (Wildman–Crippen MR) is 57.3 cm³/mol. The molecule has 0 aromatic carbocycles. The van der Waals surface area contributed by atoms with E-state index in [1.165, 1.54) is 17.4 Å². The molecule has 0 radical (unpaired) electrons. The Morgan fingerprint density at radius 1 is 1.64 bits per heavy atom. The van der Waals surface area contributed by atoms with E-state index in [1.54, 1.807) is 0 Å². The summed E-state index contributed by atoms with van der Waals surface area (Å²) in [6.07, 6.45) is 1.19. The maximum Gasteiger partial charge on any atom is 0.248 e. The Labute approximate surface area is 86.7 Å². The third-order valence-corrected chi connectivity index (χ3v) is 3.04. The molecule has 1 aromatic heterocycles. The molecule has 0 fully saturated rings. The first kappa shape index (κ1) is 10.5. The fourth-order valence-corrected chi connectivity index (χ4v) is 2.03. The number of rotatable bonds is 2. The lowest BCUT2D eigenvalue weighted by molar-refractivity contribution is -0.111. The number of aryl methyl sites for hydroxylation is 1. The normalized spacial score (nSPS) is 9.21. The molecule has 1 rings (SSSR count). The van der Waals surface area contributed by atoms with Crippen LogP contribution in [0, 0.1) is 25.2 Å². The third-order valence-electron chi connectivity index (χ3n) is 1.92. The van der Waals surface area contributed by atoms with E-state index in [2.05, 4.69) is 18.0 Å². The molecular formula is C10H10N2OS. The zero-order valence-corrected chi connectivity index (χ0v) is 8.86. The Kier molecular flexibility index (Phi) is 3.05. The van der Waals surface area contributed by atoms with Crippen molar-refractivity contribution in [1.82, 2.24) is 0 Å². The molecule has 4 heteroatoms. The minimum atomic E-state index is -0.289. The lowest BCUT2D eigenvalue weighted by Gasteiger charge is -1.97. The maximum absolute atomic E-state index is 11.0. The van der Waals surface area contributed by atoms with Crippen LogP contribution in [0.1, 0.15) is 16.0 Å². The van der Waals surface area contributed by atoms with Gasteiger partial charge in [-0.05, 0) is 25.5 Å². The maximum atomic E-state index is 11.0. The van der Waals surface area contributed by atoms with Gasteiger partial charge >= 0.3 is 0 Å². The van der Waals surface area contributed by atoms with E-state index in [4.69, 9.17) is 5.26 Å². The van der Waals surface area contributed by atoms with Crippen molar-refractivity contribution in [3.05, 3.63) is 28.7 Å². The molecule has 0 bridgehead atoms. The highest BCUT2D eigenvalue weighted by molar-refractivity contribution is 7.16. The highest BCUT2D eigenvalue weighted by Gasteiger charge is 2.12. The van der Waals surface area contributed by atoms with Crippen molar-refractivity contribution < 1.29 is 4.79 Å². The first-order valence-corrected chi connectivity index (χ1v) is 4.85. The van der Waals surface area contributed by atoms with E-state index in [1.807, 2.05) is 13.8 Å². The summed E-state index contributed by atoms with van der Waals surface area (Å²) < 4.78 is 0. The van der Waals surface area contributed by atoms with E-state index in [-0.39, 0.29) is 5.91 Å². The average molecular weight is 206 g/mol. The van der Waals surface area contributed by atoms with E-state index in [0.29, 0.717) is 10.6 Å². The largest absolute Gasteiger partial charge is 0.313 e. The summed E-state index contributed by atoms with van der Waals surface area (Å²) in [6, 6.07) is 2.08. The molecule has 0 saturated carbocycles. The van der Waals surface area contributed by atoms with Gasteiger partial charge < -0.3 is 5.32 Å². The second kappa shape index (κ2) is 4.07. The minimum absolute atomic E-state index is 0.289. The van der Waals surface area contributed by atoms with E-state index in [0.717, 1.165) is 10.4 Å². The van der Waals surface area contributed by atoms with Crippen LogP contribution in [-0.4, -0.2) is 5.91 Å². The van der Waals surface area contributed by atoms with E-state index in [9.17, 15) is 4.79 Å². The van der Waals surface area contributed by atoms with Gasteiger partial charge in [-0.1, -0.05) is 6.58 Å². The SMILES string of the molecule is C=CC(=O)Nc1sc(C)c(C)c1C#N. The van der Waals surface area contributed by atoms with Crippen LogP contribution in [0.4, 0.5) is 5.00 Å². The lowest BCUT2D eigenvalue weighted by Crippen LogP contribution is -2.06. The molecule has 0 atom stereocenters. The molecule has 3 nitrogen and oxygen atoms in total. The summed E-state index contributed by atoms with van der Waals surface area (Å²) in [5, 5.41) is 12.1. The van der Waals surface area contributed by atoms with Gasteiger partial charge in [-0.2, -0.15) is 5.26 Å². The molecule has 1 heterocycles. The Morgan fingerprint density at radius 2 is 2.29 bits per heavy atom. The Morgan fingerprint density at radius 3 is 2.79 bits per heavy atom. The molecule has 14 heavy (non-hydrogen) atoms. The molecule has 1 N–H and O–H groups in total. The number of thiophene rings is 1. The highest BCUT2D eigenvalue weighted by atomic mass is 32.1. The second-order valence-electron chi connectivity index (χ2n) is 2.79. The van der Waals surface area contributed by atoms with Gasteiger partial charge in [0.2, 0.25) is 5.91 Å². The van der Waals surface area contributed by atoms with Crippen molar-refractivity contribution >= 4 is 22.2 Å². The van der Waals surface area contributed by atoms with Crippen LogP contribution in [0.15, 0.2) is 12.7 Å². The number of hydrogen-bond donors (Lipinski definition) is 1. The topological polar surface area (TPSA) is 52.9 Å². The summed E-state index contributed by atoms with van der Waals surface area (Å²) >= 11 is 1.41. The van der Waals surface area contributed by atoms with Crippen LogP contribution < -0.4 is 5.32 Å². The number of carbonyl (C=O) groups excluding carboxylic acids is 1. The standard InChI is InChI=1S/C10H10N2OS/c1-4-9(13)12-10-8(5-11)6(2)7(3)14-10/h4H,1H2,2-3H3,(H,12,13). The van der Waals surface area contributed by atoms with Gasteiger partial charge in [0.25, 0.3) is 0 Å². The van der Waals surface area contributed by atoms with Gasteiger partial charge in [0.1, 0.15) is 11.1 Å². The summed E-state index contributed by atoms with van der Waals surface area (Å²) in [5.41, 5.74) is 1.47. The fourth-order valence-electron chi connectivity index (χ4n) is 1.01. The molecule has 0 saturated heterocycles. The Hall–Kier alpha value is -1.60. The van der Waals surface area contributed by atoms with Crippen molar-refractivity contribution in [3.63, 3.8) is 0 Å². The van der Waals surface area contributed by atoms with Gasteiger partial charge in [0.15, 0.2) is 0 Å². The van der Waals surface area contributed by atoms with Crippen molar-refractivity contribution in [2.24, 2.45) is 0 Å². The summed E-state index contributed by atoms with van der Waals surface area (Å²) in [7, 11) is 0. The van der Waals surface area contributed by atoms with Crippen molar-refractivity contribution in [1.29, 1.82) is 5.26 Å². The molecular weight excluding hydrogens is 196 g/mol. The van der Waals surface area contributed by atoms with Crippen molar-refractivity contribution in [3.8, 4) is 6.07 Å². The van der Waals surface area contributed by atoms with Crippen LogP contribution in [0.25, 0.3) is 0 Å². The van der Waals surface area contributed by atoms with Crippen LogP contribution in [0.5, 0.6) is 0 Å². The van der Waals surface area contributed by atoms with Gasteiger partial charge in [-0.3, -0.25) is 4.79 Å². The zero-order chi connectivity index (χ0) is 10.7. The monoisotopic (exact) mass is 206 g/mol. The summed E-state index contributed by atoms with van der Waals surface area (Å²) in [5.74, 6) is -0.289. The smallest absolute Gasteiger partial charge is 0.248 e. The average Bonchev–Trinajstić information content (AvgIpc) is 2.42. The van der Waals surface area contributed by atoms with Gasteiger partial charge in [0, 0.05) is 4.88 Å². The molecule has 1 aromatic rings. The van der Waals surface area contributed by atoms with Crippen LogP contribution in [0.3, 0.4) is 0 Å². The minimum Gasteiger partial charge on any atom is -0.313 e. The van der Waals surface area contributed by atoms with Gasteiger partial charge in [-0.25, -0.2) is 0 Å². The first-order chi connectivity index (χ1) is 6.60. The number of nitriles is 1. The molecule has 0 unspecified atom stereocenters. The van der Waals surface area contributed by atoms with Crippen LogP contribution >= 0.6 is 11.3 Å². The van der Waals surface area contributed by atoms with Gasteiger partial charge in [-0.15, -0.1) is 11.3 Å². The van der Waals surface area contributed by atoms with Crippen LogP contribution in [-0.2, 0) is 4.79 Å².